The molecule has 4 aromatic rings. The minimum Gasteiger partial charge on any atom is -0.414 e. The largest absolute Gasteiger partial charge is 0.414 e. The van der Waals surface area contributed by atoms with Crippen LogP contribution >= 0.6 is 0 Å². The van der Waals surface area contributed by atoms with E-state index in [1.165, 1.54) is 22.3 Å². The molecule has 1 aliphatic carbocycles. The van der Waals surface area contributed by atoms with Crippen molar-refractivity contribution in [2.24, 2.45) is 0 Å². The topological polar surface area (TPSA) is 139 Å². The zero-order chi connectivity index (χ0) is 34.1. The predicted molar refractivity (Wildman–Crippen MR) is 193 cm³/mol. The number of nitrogens with zero attached hydrogens (tertiary/aromatic N) is 3. The van der Waals surface area contributed by atoms with Gasteiger partial charge in [0.15, 0.2) is 11.2 Å². The second-order valence-corrected chi connectivity index (χ2v) is 23.6. The highest BCUT2D eigenvalue weighted by atomic mass is 28.5. The van der Waals surface area contributed by atoms with Gasteiger partial charge in [-0.25, -0.2) is 4.98 Å². The lowest BCUT2D eigenvalue weighted by Gasteiger charge is -2.51. The number of hydrogen-bond acceptors (Lipinski definition) is 9. The second kappa shape index (κ2) is 12.2. The first-order valence-electron chi connectivity index (χ1n) is 17.3. The minimum absolute atomic E-state index is 0.0168. The number of nitrogen functional groups attached to an aromatic ring is 1. The lowest BCUT2D eigenvalue weighted by atomic mass is 10.1. The molecule has 4 N–H and O–H groups in total. The van der Waals surface area contributed by atoms with Crippen LogP contribution in [-0.4, -0.2) is 55.5 Å². The van der Waals surface area contributed by atoms with Crippen molar-refractivity contribution in [3.05, 3.63) is 63.9 Å². The maximum atomic E-state index is 13.1. The van der Waals surface area contributed by atoms with E-state index in [4.69, 9.17) is 28.4 Å². The number of benzene rings is 2. The fourth-order valence-corrected chi connectivity index (χ4v) is 19.2. The number of anilines is 3. The smallest absolute Gasteiger partial charge is 0.335 e. The van der Waals surface area contributed by atoms with Crippen molar-refractivity contribution < 1.29 is 17.7 Å². The van der Waals surface area contributed by atoms with Crippen molar-refractivity contribution in [2.45, 2.75) is 109 Å². The predicted octanol–water partition coefficient (Wildman–Crippen LogP) is 7.26. The van der Waals surface area contributed by atoms with Gasteiger partial charge in [-0.15, -0.1) is 0 Å². The van der Waals surface area contributed by atoms with Crippen molar-refractivity contribution in [2.75, 3.05) is 17.7 Å². The van der Waals surface area contributed by atoms with E-state index in [9.17, 15) is 4.79 Å². The zero-order valence-electron chi connectivity index (χ0n) is 29.2. The third-order valence-electron chi connectivity index (χ3n) is 10.4. The number of hydrogen-bond donors (Lipinski definition) is 3. The SMILES string of the molecule is CC(C)[Si]1(C(C)C)OC[C@H]2O[C@@H](n3c(Nc4ccc5c(c4)Cc4ccccc4-5)nc4c(=O)[nH]c(N)nc43)C[C@@H]2O[Si](C(C)C)(C(C)C)O1. The molecule has 0 unspecified atom stereocenters. The van der Waals surface area contributed by atoms with E-state index >= 15 is 0 Å². The Morgan fingerprint density at radius 1 is 0.896 bits per heavy atom. The van der Waals surface area contributed by atoms with Gasteiger partial charge in [-0.05, 0) is 63.0 Å². The zero-order valence-corrected chi connectivity index (χ0v) is 31.2. The third kappa shape index (κ3) is 5.35. The molecule has 3 aliphatic rings. The van der Waals surface area contributed by atoms with E-state index in [0.717, 1.165) is 12.1 Å². The number of imidazole rings is 1. The van der Waals surface area contributed by atoms with Crippen LogP contribution in [0.5, 0.6) is 0 Å². The molecule has 2 saturated heterocycles. The highest BCUT2D eigenvalue weighted by molar-refractivity contribution is 6.84. The molecule has 2 aromatic carbocycles. The molecule has 3 atom stereocenters. The van der Waals surface area contributed by atoms with Gasteiger partial charge in [0.1, 0.15) is 12.3 Å². The Kier molecular flexibility index (Phi) is 8.44. The normalized spacial score (nSPS) is 23.0. The molecule has 7 rings (SSSR count). The Morgan fingerprint density at radius 2 is 1.58 bits per heavy atom. The van der Waals surface area contributed by atoms with Crippen molar-refractivity contribution in [3.8, 4) is 11.1 Å². The Labute approximate surface area is 284 Å². The van der Waals surface area contributed by atoms with Gasteiger partial charge in [-0.1, -0.05) is 85.7 Å². The van der Waals surface area contributed by atoms with Crippen LogP contribution in [0.25, 0.3) is 22.3 Å². The monoisotopic (exact) mass is 688 g/mol. The quantitative estimate of drug-likeness (QED) is 0.151. The molecule has 0 saturated carbocycles. The highest BCUT2D eigenvalue weighted by Gasteiger charge is 2.60. The minimum atomic E-state index is -2.84. The van der Waals surface area contributed by atoms with E-state index in [1.54, 1.807) is 0 Å². The molecule has 0 amide bonds. The number of rotatable bonds is 7. The van der Waals surface area contributed by atoms with Crippen molar-refractivity contribution in [1.29, 1.82) is 0 Å². The van der Waals surface area contributed by atoms with Crippen LogP contribution in [0.2, 0.25) is 22.2 Å². The summed E-state index contributed by atoms with van der Waals surface area (Å²) in [5, 5.41) is 3.50. The van der Waals surface area contributed by atoms with Crippen LogP contribution in [0.3, 0.4) is 0 Å². The van der Waals surface area contributed by atoms with Crippen LogP contribution in [0.15, 0.2) is 47.3 Å². The first-order valence-corrected chi connectivity index (χ1v) is 21.2. The van der Waals surface area contributed by atoms with Gasteiger partial charge in [0.2, 0.25) is 11.9 Å². The maximum Gasteiger partial charge on any atom is 0.335 e. The maximum absolute atomic E-state index is 13.1. The number of aromatic amines is 1. The van der Waals surface area contributed by atoms with Crippen molar-refractivity contribution >= 4 is 45.9 Å². The average Bonchev–Trinajstić information content (AvgIpc) is 3.69. The molecule has 48 heavy (non-hydrogen) atoms. The third-order valence-corrected chi connectivity index (χ3v) is 20.7. The van der Waals surface area contributed by atoms with Gasteiger partial charge in [0.25, 0.3) is 5.56 Å². The van der Waals surface area contributed by atoms with Gasteiger partial charge in [0, 0.05) is 12.1 Å². The summed E-state index contributed by atoms with van der Waals surface area (Å²) < 4.78 is 30.4. The summed E-state index contributed by atoms with van der Waals surface area (Å²) in [5.41, 5.74) is 13.0. The van der Waals surface area contributed by atoms with E-state index in [2.05, 4.69) is 107 Å². The first kappa shape index (κ1) is 33.2. The lowest BCUT2D eigenvalue weighted by molar-refractivity contribution is -0.0539. The van der Waals surface area contributed by atoms with Crippen LogP contribution in [0.4, 0.5) is 17.6 Å². The molecule has 11 nitrogen and oxygen atoms in total. The summed E-state index contributed by atoms with van der Waals surface area (Å²) in [6.07, 6.45) is 0.217. The lowest BCUT2D eigenvalue weighted by Crippen LogP contribution is -2.65. The fraction of sp³-hybridized carbons (Fsp3) is 0.514. The van der Waals surface area contributed by atoms with E-state index in [0.29, 0.717) is 24.6 Å². The van der Waals surface area contributed by atoms with Crippen LogP contribution in [-0.2, 0) is 24.1 Å². The van der Waals surface area contributed by atoms with Crippen molar-refractivity contribution in [3.63, 3.8) is 0 Å². The molecular weight excluding hydrogens is 641 g/mol. The van der Waals surface area contributed by atoms with Crippen LogP contribution in [0, 0.1) is 0 Å². The molecule has 0 radical (unpaired) electrons. The molecule has 256 valence electrons. The summed E-state index contributed by atoms with van der Waals surface area (Å²) >= 11 is 0. The number of nitrogens with two attached hydrogens (primary N) is 1. The number of aromatic nitrogens is 4. The second-order valence-electron chi connectivity index (χ2n) is 14.8. The summed E-state index contributed by atoms with van der Waals surface area (Å²) in [6.45, 7) is 18.1. The van der Waals surface area contributed by atoms with Gasteiger partial charge >= 0.3 is 17.1 Å². The molecule has 2 fully saturated rings. The Hall–Kier alpha value is -3.34. The summed E-state index contributed by atoms with van der Waals surface area (Å²) in [5.74, 6) is 0.466. The van der Waals surface area contributed by atoms with E-state index in [-0.39, 0.29) is 45.8 Å². The van der Waals surface area contributed by atoms with Gasteiger partial charge < -0.3 is 28.8 Å². The van der Waals surface area contributed by atoms with Gasteiger partial charge in [-0.3, -0.25) is 14.3 Å². The van der Waals surface area contributed by atoms with Gasteiger partial charge in [-0.2, -0.15) is 4.98 Å². The number of H-pyrrole nitrogens is 1. The average molecular weight is 689 g/mol. The number of nitrogens with one attached hydrogen (secondary N) is 2. The Morgan fingerprint density at radius 3 is 2.29 bits per heavy atom. The molecule has 2 aromatic heterocycles. The van der Waals surface area contributed by atoms with Crippen molar-refractivity contribution in [1.82, 2.24) is 19.5 Å². The van der Waals surface area contributed by atoms with E-state index in [1.807, 2.05) is 10.6 Å². The van der Waals surface area contributed by atoms with E-state index < -0.39 is 28.9 Å². The summed E-state index contributed by atoms with van der Waals surface area (Å²) in [6, 6.07) is 14.8. The van der Waals surface area contributed by atoms with Crippen LogP contribution < -0.4 is 16.6 Å². The fourth-order valence-electron chi connectivity index (χ4n) is 8.01. The van der Waals surface area contributed by atoms with Crippen LogP contribution in [0.1, 0.15) is 79.2 Å². The molecule has 0 spiro atoms. The molecule has 13 heteroatoms. The number of fused-ring (bicyclic) bond motifs is 5. The molecule has 4 heterocycles. The standard InChI is InChI=1S/C35H48N6O5Si2/c1-19(2)47(20(3)4)43-18-29-28(45-48(46-47,21(5)6)22(7)8)17-30(44-29)41-32-31(33(42)40-34(36)39-32)38-35(41)37-25-13-14-27-24(16-25)15-23-11-9-10-12-26(23)27/h9-14,16,19-22,28-30H,15,17-18H2,1-8H3,(H,37,38)(H3,36,39,40,42)/t28-,29+,30+/m0/s1. The highest BCUT2D eigenvalue weighted by Crippen LogP contribution is 2.49. The summed E-state index contributed by atoms with van der Waals surface area (Å²) in [7, 11) is -5.57. The molecule has 0 bridgehead atoms. The number of ether oxygens (including phenoxy) is 1. The first-order chi connectivity index (χ1) is 22.8. The Bertz CT molecular complexity index is 1890. The van der Waals surface area contributed by atoms with Gasteiger partial charge in [0.05, 0.1) is 12.7 Å². The summed E-state index contributed by atoms with van der Waals surface area (Å²) in [4.78, 5) is 25.0. The molecular formula is C35H48N6O5Si2. The Balaban J connectivity index is 1.28. The molecule has 2 aliphatic heterocycles.